The number of fused-ring (bicyclic) bond motifs is 9. The number of rotatable bonds is 8. The minimum atomic E-state index is -0.570. The highest BCUT2D eigenvalue weighted by Crippen LogP contribution is 2.69. The number of nitrogens with one attached hydrogen (secondary N) is 1. The molecule has 3 aromatic carbocycles. The van der Waals surface area contributed by atoms with E-state index in [0.717, 1.165) is 27.3 Å². The minimum absolute atomic E-state index is 0.0947. The van der Waals surface area contributed by atoms with E-state index in [2.05, 4.69) is 4.98 Å². The SMILES string of the molecule is CCOC(=O)c1ccc(N2C(=O)C3C4CC(C3C2=O)C2C4Sc3[nH]c(=O)sc3[C@@H]2c2cc([N+](=O)[O-])ccc2OCc2cccc(C)c2)cc1. The van der Waals surface area contributed by atoms with Crippen LogP contribution in [0.1, 0.15) is 51.2 Å². The summed E-state index contributed by atoms with van der Waals surface area (Å²) in [5, 5.41) is 12.6. The van der Waals surface area contributed by atoms with Crippen LogP contribution in [-0.2, 0) is 20.9 Å². The smallest absolute Gasteiger partial charge is 0.338 e. The number of benzene rings is 3. The molecule has 2 aliphatic carbocycles. The number of carbonyl (C=O) groups is 3. The van der Waals surface area contributed by atoms with Gasteiger partial charge in [-0.15, -0.1) is 11.8 Å². The number of nitrogens with zero attached hydrogens (tertiary/aromatic N) is 2. The van der Waals surface area contributed by atoms with Crippen molar-refractivity contribution in [3.05, 3.63) is 114 Å². The zero-order valence-electron chi connectivity index (χ0n) is 26.5. The molecule has 6 unspecified atom stereocenters. The number of ether oxygens (including phenoxy) is 2. The lowest BCUT2D eigenvalue weighted by molar-refractivity contribution is -0.385. The largest absolute Gasteiger partial charge is 0.489 e. The van der Waals surface area contributed by atoms with Crippen molar-refractivity contribution in [1.29, 1.82) is 0 Å². The van der Waals surface area contributed by atoms with Gasteiger partial charge in [0.15, 0.2) is 0 Å². The summed E-state index contributed by atoms with van der Waals surface area (Å²) in [5.74, 6) is -2.62. The van der Waals surface area contributed by atoms with E-state index < -0.39 is 28.6 Å². The summed E-state index contributed by atoms with van der Waals surface area (Å²) in [5.41, 5.74) is 3.26. The van der Waals surface area contributed by atoms with Crippen LogP contribution < -0.4 is 14.5 Å². The van der Waals surface area contributed by atoms with Crippen LogP contribution >= 0.6 is 23.1 Å². The van der Waals surface area contributed by atoms with Crippen LogP contribution in [0.5, 0.6) is 5.75 Å². The highest BCUT2D eigenvalue weighted by atomic mass is 32.2. The Morgan fingerprint density at radius 3 is 2.49 bits per heavy atom. The Morgan fingerprint density at radius 1 is 1.02 bits per heavy atom. The van der Waals surface area contributed by atoms with Crippen molar-refractivity contribution >= 4 is 52.3 Å². The Morgan fingerprint density at radius 2 is 1.78 bits per heavy atom. The average molecular weight is 698 g/mol. The monoisotopic (exact) mass is 697 g/mol. The fraction of sp³-hybridized carbons (Fsp3) is 0.333. The van der Waals surface area contributed by atoms with Gasteiger partial charge in [-0.05, 0) is 73.9 Å². The molecule has 4 aromatic rings. The number of thioether (sulfide) groups is 1. The Balaban J connectivity index is 1.18. The predicted molar refractivity (Wildman–Crippen MR) is 182 cm³/mol. The van der Waals surface area contributed by atoms with Crippen molar-refractivity contribution in [3.8, 4) is 5.75 Å². The molecule has 11 nitrogen and oxygen atoms in total. The summed E-state index contributed by atoms with van der Waals surface area (Å²) in [4.78, 5) is 69.7. The zero-order valence-corrected chi connectivity index (χ0v) is 28.1. The van der Waals surface area contributed by atoms with Crippen LogP contribution in [0.3, 0.4) is 0 Å². The molecule has 2 aliphatic heterocycles. The van der Waals surface area contributed by atoms with E-state index in [1.54, 1.807) is 55.1 Å². The summed E-state index contributed by atoms with van der Waals surface area (Å²) in [7, 11) is 0. The molecule has 4 aliphatic rings. The van der Waals surface area contributed by atoms with E-state index in [-0.39, 0.29) is 58.6 Å². The van der Waals surface area contributed by atoms with Crippen molar-refractivity contribution in [2.45, 2.75) is 43.1 Å². The third-order valence-electron chi connectivity index (χ3n) is 10.4. The lowest BCUT2D eigenvalue weighted by Gasteiger charge is -2.43. The molecule has 250 valence electrons. The Kier molecular flexibility index (Phi) is 7.71. The molecular weight excluding hydrogens is 667 g/mol. The number of aromatic amines is 1. The summed E-state index contributed by atoms with van der Waals surface area (Å²) >= 11 is 2.63. The van der Waals surface area contributed by atoms with Crippen LogP contribution in [0.15, 0.2) is 76.6 Å². The molecule has 13 heteroatoms. The topological polar surface area (TPSA) is 149 Å². The highest BCUT2D eigenvalue weighted by molar-refractivity contribution is 8.00. The third kappa shape index (κ3) is 5.09. The van der Waals surface area contributed by atoms with E-state index in [9.17, 15) is 29.3 Å². The Bertz CT molecular complexity index is 2090. The van der Waals surface area contributed by atoms with Crippen LogP contribution in [-0.4, -0.2) is 39.5 Å². The predicted octanol–water partition coefficient (Wildman–Crippen LogP) is 6.09. The summed E-state index contributed by atoms with van der Waals surface area (Å²) < 4.78 is 11.5. The number of carbonyl (C=O) groups excluding carboxylic acids is 3. The van der Waals surface area contributed by atoms with Gasteiger partial charge in [0.1, 0.15) is 12.4 Å². The standard InChI is InChI=1S/C36H31N3O8S2/c1-3-46-35(42)19-7-9-20(10-8-19)38-33(40)28-23-15-24(29(28)34(38)41)30-27(23)26(31-32(48-30)37-36(43)49-31)22-14-21(39(44)45)11-12-25(22)47-16-18-6-4-5-17(2)13-18/h4-14,23-24,26-30H,3,15-16H2,1-2H3,(H,37,43)/t23?,24?,26-,27?,28?,29?,30?/m1/s1. The van der Waals surface area contributed by atoms with Crippen molar-refractivity contribution in [2.24, 2.45) is 29.6 Å². The summed E-state index contributed by atoms with van der Waals surface area (Å²) in [6.07, 6.45) is 0.662. The molecule has 8 rings (SSSR count). The van der Waals surface area contributed by atoms with Gasteiger partial charge in [-0.2, -0.15) is 0 Å². The van der Waals surface area contributed by atoms with Crippen LogP contribution in [0.2, 0.25) is 0 Å². The van der Waals surface area contributed by atoms with Gasteiger partial charge in [-0.3, -0.25) is 29.4 Å². The highest BCUT2D eigenvalue weighted by Gasteiger charge is 2.70. The molecule has 2 saturated carbocycles. The van der Waals surface area contributed by atoms with Crippen molar-refractivity contribution in [2.75, 3.05) is 11.5 Å². The van der Waals surface area contributed by atoms with Gasteiger partial charge in [0.2, 0.25) is 11.8 Å². The van der Waals surface area contributed by atoms with Gasteiger partial charge in [0, 0.05) is 33.7 Å². The number of thiazole rings is 1. The van der Waals surface area contributed by atoms with Gasteiger partial charge >= 0.3 is 10.8 Å². The molecule has 1 aromatic heterocycles. The molecule has 2 bridgehead atoms. The summed E-state index contributed by atoms with van der Waals surface area (Å²) in [6.45, 7) is 4.18. The second kappa shape index (κ2) is 12.0. The number of nitro groups is 1. The second-order valence-electron chi connectivity index (χ2n) is 13.0. The molecule has 3 fully saturated rings. The molecule has 0 radical (unpaired) electrons. The third-order valence-corrected chi connectivity index (χ3v) is 13.0. The van der Waals surface area contributed by atoms with Gasteiger partial charge in [-0.1, -0.05) is 41.2 Å². The van der Waals surface area contributed by atoms with Crippen molar-refractivity contribution < 1.29 is 28.8 Å². The van der Waals surface area contributed by atoms with Gasteiger partial charge in [-0.25, -0.2) is 4.79 Å². The maximum atomic E-state index is 14.2. The molecule has 1 N–H and O–H groups in total. The van der Waals surface area contributed by atoms with Crippen molar-refractivity contribution in [1.82, 2.24) is 4.98 Å². The number of aromatic nitrogens is 1. The number of imide groups is 1. The number of amides is 2. The first-order valence-corrected chi connectivity index (χ1v) is 17.9. The van der Waals surface area contributed by atoms with E-state index in [1.807, 2.05) is 31.2 Å². The maximum absolute atomic E-state index is 14.2. The van der Waals surface area contributed by atoms with E-state index in [4.69, 9.17) is 9.47 Å². The number of anilines is 1. The maximum Gasteiger partial charge on any atom is 0.338 e. The molecule has 3 heterocycles. The lowest BCUT2D eigenvalue weighted by Crippen LogP contribution is -2.42. The normalized spacial score (nSPS) is 26.3. The van der Waals surface area contributed by atoms with E-state index in [0.29, 0.717) is 34.0 Å². The van der Waals surface area contributed by atoms with Gasteiger partial charge < -0.3 is 14.5 Å². The van der Waals surface area contributed by atoms with Crippen LogP contribution in [0.25, 0.3) is 0 Å². The first-order valence-electron chi connectivity index (χ1n) is 16.2. The number of aryl methyl sites for hydroxylation is 1. The molecular formula is C36H31N3O8S2. The summed E-state index contributed by atoms with van der Waals surface area (Å²) in [6, 6.07) is 18.8. The minimum Gasteiger partial charge on any atom is -0.489 e. The Labute approximate surface area is 288 Å². The number of hydrogen-bond donors (Lipinski definition) is 1. The number of H-pyrrole nitrogens is 1. The Hall–Kier alpha value is -4.75. The van der Waals surface area contributed by atoms with Crippen LogP contribution in [0, 0.1) is 46.6 Å². The average Bonchev–Trinajstić information content (AvgIpc) is 3.82. The molecule has 2 amide bonds. The van der Waals surface area contributed by atoms with E-state index >= 15 is 0 Å². The zero-order chi connectivity index (χ0) is 34.1. The van der Waals surface area contributed by atoms with Gasteiger partial charge in [0.25, 0.3) is 5.69 Å². The molecule has 1 saturated heterocycles. The lowest BCUT2D eigenvalue weighted by atomic mass is 9.68. The quantitative estimate of drug-likeness (QED) is 0.1000. The van der Waals surface area contributed by atoms with E-state index in [1.165, 1.54) is 11.0 Å². The number of hydrogen-bond acceptors (Lipinski definition) is 10. The van der Waals surface area contributed by atoms with Gasteiger partial charge in [0.05, 0.1) is 39.6 Å². The number of nitro benzene ring substituents is 1. The van der Waals surface area contributed by atoms with Crippen LogP contribution in [0.4, 0.5) is 11.4 Å². The molecule has 0 spiro atoms. The first kappa shape index (κ1) is 31.5. The molecule has 49 heavy (non-hydrogen) atoms. The van der Waals surface area contributed by atoms with Crippen molar-refractivity contribution in [3.63, 3.8) is 0 Å². The molecule has 7 atom stereocenters. The number of non-ortho nitro benzene ring substituents is 1. The second-order valence-corrected chi connectivity index (χ2v) is 15.2. The fourth-order valence-electron chi connectivity index (χ4n) is 8.57. The first-order chi connectivity index (χ1) is 23.6. The fourth-order valence-corrected chi connectivity index (χ4v) is 11.4. The number of esters is 1.